The zero-order valence-corrected chi connectivity index (χ0v) is 17.7. The highest BCUT2D eigenvalue weighted by atomic mass is 16.1. The van der Waals surface area contributed by atoms with Gasteiger partial charge in [-0.15, -0.1) is 0 Å². The third-order valence-electron chi connectivity index (χ3n) is 5.72. The van der Waals surface area contributed by atoms with E-state index in [0.717, 1.165) is 37.6 Å². The van der Waals surface area contributed by atoms with Crippen LogP contribution >= 0.6 is 0 Å². The molecule has 2 atom stereocenters. The average molecular weight is 384 g/mol. The van der Waals surface area contributed by atoms with E-state index in [4.69, 9.17) is 0 Å². The monoisotopic (exact) mass is 383 g/mol. The second-order valence-corrected chi connectivity index (χ2v) is 8.55. The fraction of sp³-hybridized carbons (Fsp3) is 0.682. The minimum atomic E-state index is 0.133. The molecular formula is C22H33N5O. The molecule has 28 heavy (non-hydrogen) atoms. The first-order chi connectivity index (χ1) is 13.4. The fourth-order valence-corrected chi connectivity index (χ4v) is 4.13. The van der Waals surface area contributed by atoms with Gasteiger partial charge in [-0.25, -0.2) is 9.97 Å². The SMILES string of the molecule is CC(C)C(=O)CCCN(C)CC#Cc1cnc(N2C3CCC2CN(C)C3)nc1. The Morgan fingerprint density at radius 1 is 1.25 bits per heavy atom. The van der Waals surface area contributed by atoms with Crippen LogP contribution in [0.3, 0.4) is 0 Å². The molecule has 2 fully saturated rings. The van der Waals surface area contributed by atoms with Crippen LogP contribution in [0.25, 0.3) is 0 Å². The summed E-state index contributed by atoms with van der Waals surface area (Å²) in [4.78, 5) is 27.8. The van der Waals surface area contributed by atoms with Crippen molar-refractivity contribution in [2.45, 2.75) is 51.6 Å². The fourth-order valence-electron chi connectivity index (χ4n) is 4.13. The zero-order valence-electron chi connectivity index (χ0n) is 17.7. The zero-order chi connectivity index (χ0) is 20.1. The van der Waals surface area contributed by atoms with Gasteiger partial charge in [-0.05, 0) is 39.9 Å². The van der Waals surface area contributed by atoms with Gasteiger partial charge in [0.25, 0.3) is 0 Å². The van der Waals surface area contributed by atoms with Crippen molar-refractivity contribution in [2.75, 3.05) is 45.2 Å². The number of hydrogen-bond donors (Lipinski definition) is 0. The molecule has 2 aliphatic heterocycles. The first kappa shape index (κ1) is 20.8. The Bertz CT molecular complexity index is 707. The molecule has 0 saturated carbocycles. The molecule has 0 radical (unpaired) electrons. The van der Waals surface area contributed by atoms with Crippen molar-refractivity contribution in [1.82, 2.24) is 19.8 Å². The molecule has 0 N–H and O–H groups in total. The van der Waals surface area contributed by atoms with Gasteiger partial charge in [-0.3, -0.25) is 9.69 Å². The third-order valence-corrected chi connectivity index (χ3v) is 5.72. The lowest BCUT2D eigenvalue weighted by atomic mass is 10.0. The van der Waals surface area contributed by atoms with Crippen molar-refractivity contribution in [2.24, 2.45) is 5.92 Å². The summed E-state index contributed by atoms with van der Waals surface area (Å²) in [5, 5.41) is 0. The number of carbonyl (C=O) groups is 1. The average Bonchev–Trinajstić information content (AvgIpc) is 2.93. The van der Waals surface area contributed by atoms with Crippen LogP contribution in [0.1, 0.15) is 45.1 Å². The molecule has 6 nitrogen and oxygen atoms in total. The smallest absolute Gasteiger partial charge is 0.225 e. The molecule has 1 aromatic heterocycles. The molecule has 0 aromatic carbocycles. The van der Waals surface area contributed by atoms with Crippen molar-refractivity contribution in [3.8, 4) is 11.8 Å². The van der Waals surface area contributed by atoms with Crippen molar-refractivity contribution in [1.29, 1.82) is 0 Å². The van der Waals surface area contributed by atoms with Gasteiger partial charge >= 0.3 is 0 Å². The Morgan fingerprint density at radius 3 is 2.50 bits per heavy atom. The summed E-state index contributed by atoms with van der Waals surface area (Å²) in [6, 6.07) is 1.08. The summed E-state index contributed by atoms with van der Waals surface area (Å²) in [5.74, 6) is 7.66. The van der Waals surface area contributed by atoms with E-state index in [1.54, 1.807) is 0 Å². The van der Waals surface area contributed by atoms with Crippen molar-refractivity contribution in [3.05, 3.63) is 18.0 Å². The number of piperazine rings is 1. The van der Waals surface area contributed by atoms with Crippen LogP contribution in [-0.4, -0.2) is 77.9 Å². The maximum absolute atomic E-state index is 11.7. The van der Waals surface area contributed by atoms with Gasteiger partial charge < -0.3 is 9.80 Å². The van der Waals surface area contributed by atoms with E-state index in [-0.39, 0.29) is 5.92 Å². The second kappa shape index (κ2) is 9.49. The molecule has 6 heteroatoms. The molecule has 2 unspecified atom stereocenters. The molecule has 2 bridgehead atoms. The maximum Gasteiger partial charge on any atom is 0.225 e. The van der Waals surface area contributed by atoms with E-state index < -0.39 is 0 Å². The van der Waals surface area contributed by atoms with Gasteiger partial charge in [-0.1, -0.05) is 25.7 Å². The minimum Gasteiger partial charge on any atom is -0.332 e. The summed E-state index contributed by atoms with van der Waals surface area (Å²) in [7, 11) is 4.23. The minimum absolute atomic E-state index is 0.133. The molecule has 1 aromatic rings. The van der Waals surface area contributed by atoms with Crippen LogP contribution in [0, 0.1) is 17.8 Å². The van der Waals surface area contributed by atoms with Gasteiger partial charge in [0.05, 0.1) is 12.1 Å². The number of hydrogen-bond acceptors (Lipinski definition) is 6. The van der Waals surface area contributed by atoms with Crippen LogP contribution in [0.4, 0.5) is 5.95 Å². The molecule has 0 spiro atoms. The molecule has 0 amide bonds. The van der Waals surface area contributed by atoms with Crippen molar-refractivity contribution >= 4 is 11.7 Å². The maximum atomic E-state index is 11.7. The van der Waals surface area contributed by atoms with Crippen LogP contribution in [0.5, 0.6) is 0 Å². The first-order valence-electron chi connectivity index (χ1n) is 10.4. The van der Waals surface area contributed by atoms with Crippen LogP contribution in [0.15, 0.2) is 12.4 Å². The molecular weight excluding hydrogens is 350 g/mol. The number of anilines is 1. The van der Waals surface area contributed by atoms with Gasteiger partial charge in [0, 0.05) is 49.9 Å². The van der Waals surface area contributed by atoms with Gasteiger partial charge in [0.2, 0.25) is 5.95 Å². The highest BCUT2D eigenvalue weighted by Crippen LogP contribution is 2.32. The Balaban J connectivity index is 1.47. The van der Waals surface area contributed by atoms with Crippen molar-refractivity contribution < 1.29 is 4.79 Å². The number of Topliss-reactive ketones (excluding diaryl/α,β-unsaturated/α-hetero) is 1. The molecule has 2 saturated heterocycles. The summed E-state index contributed by atoms with van der Waals surface area (Å²) >= 11 is 0. The molecule has 0 aliphatic carbocycles. The molecule has 2 aliphatic rings. The Labute approximate surface area is 169 Å². The summed E-state index contributed by atoms with van der Waals surface area (Å²) in [6.45, 7) is 7.67. The number of likely N-dealkylation sites (N-methyl/N-ethyl adjacent to an activating group) is 1. The lowest BCUT2D eigenvalue weighted by molar-refractivity contribution is -0.122. The Morgan fingerprint density at radius 2 is 1.89 bits per heavy atom. The molecule has 3 rings (SSSR count). The van der Waals surface area contributed by atoms with E-state index in [1.165, 1.54) is 12.8 Å². The van der Waals surface area contributed by atoms with Gasteiger partial charge in [0.1, 0.15) is 5.78 Å². The highest BCUT2D eigenvalue weighted by molar-refractivity contribution is 5.80. The topological polar surface area (TPSA) is 52.6 Å². The number of ketones is 1. The Hall–Kier alpha value is -1.97. The summed E-state index contributed by atoms with van der Waals surface area (Å²) < 4.78 is 0. The standard InChI is InChI=1S/C22H33N5O/c1-17(2)21(28)8-6-12-25(3)11-5-7-18-13-23-22(24-14-18)27-19-9-10-20(27)16-26(4)15-19/h13-14,17,19-20H,6,8-12,15-16H2,1-4H3. The van der Waals surface area contributed by atoms with Crippen LogP contribution < -0.4 is 4.90 Å². The molecule has 152 valence electrons. The number of rotatable bonds is 7. The number of aromatic nitrogens is 2. The molecule has 3 heterocycles. The first-order valence-corrected chi connectivity index (χ1v) is 10.4. The largest absolute Gasteiger partial charge is 0.332 e. The quantitative estimate of drug-likeness (QED) is 0.672. The van der Waals surface area contributed by atoms with Crippen LogP contribution in [-0.2, 0) is 4.79 Å². The normalized spacial score (nSPS) is 21.9. The van der Waals surface area contributed by atoms with Crippen molar-refractivity contribution in [3.63, 3.8) is 0 Å². The lowest BCUT2D eigenvalue weighted by Crippen LogP contribution is -2.53. The summed E-state index contributed by atoms with van der Waals surface area (Å²) in [5.41, 5.74) is 0.855. The number of fused-ring (bicyclic) bond motifs is 2. The van der Waals surface area contributed by atoms with Gasteiger partial charge in [0.15, 0.2) is 0 Å². The van der Waals surface area contributed by atoms with E-state index in [1.807, 2.05) is 33.3 Å². The van der Waals surface area contributed by atoms with E-state index in [9.17, 15) is 4.79 Å². The van der Waals surface area contributed by atoms with E-state index in [0.29, 0.717) is 30.8 Å². The van der Waals surface area contributed by atoms with E-state index in [2.05, 4.69) is 43.6 Å². The van der Waals surface area contributed by atoms with Crippen LogP contribution in [0.2, 0.25) is 0 Å². The number of likely N-dealkylation sites (tertiary alicyclic amines) is 1. The number of carbonyl (C=O) groups excluding carboxylic acids is 1. The summed E-state index contributed by atoms with van der Waals surface area (Å²) in [6.07, 6.45) is 7.69. The third kappa shape index (κ3) is 5.30. The Kier molecular flexibility index (Phi) is 7.03. The lowest BCUT2D eigenvalue weighted by Gasteiger charge is -2.39. The predicted octanol–water partition coefficient (Wildman–Crippen LogP) is 2.05. The van der Waals surface area contributed by atoms with E-state index >= 15 is 0 Å². The second-order valence-electron chi connectivity index (χ2n) is 8.55. The van der Waals surface area contributed by atoms with Gasteiger partial charge in [-0.2, -0.15) is 0 Å². The number of nitrogens with zero attached hydrogens (tertiary/aromatic N) is 5. The highest BCUT2D eigenvalue weighted by Gasteiger charge is 2.39. The predicted molar refractivity (Wildman–Crippen MR) is 112 cm³/mol.